The number of furan rings is 2. The molecule has 1 fully saturated rings. The Kier molecular flexibility index (Phi) is 15.4. The number of nitrogens with zero attached hydrogens (tertiary/aromatic N) is 5. The fourth-order valence-electron chi connectivity index (χ4n) is 9.94. The van der Waals surface area contributed by atoms with Crippen molar-refractivity contribution in [3.63, 3.8) is 0 Å². The van der Waals surface area contributed by atoms with Gasteiger partial charge in [-0.1, -0.05) is 18.2 Å². The molecule has 1 saturated carbocycles. The van der Waals surface area contributed by atoms with Crippen LogP contribution in [0, 0.1) is 45.9 Å². The molecule has 1 aliphatic carbocycles. The van der Waals surface area contributed by atoms with Crippen LogP contribution in [0.2, 0.25) is 0 Å². The van der Waals surface area contributed by atoms with Gasteiger partial charge >= 0.3 is 5.97 Å². The molecule has 0 unspecified atom stereocenters. The van der Waals surface area contributed by atoms with Gasteiger partial charge in [0.1, 0.15) is 45.4 Å². The third-order valence-corrected chi connectivity index (χ3v) is 14.4. The molecule has 2 heterocycles. The molecule has 0 spiro atoms. The number of hydrogen-bond donors (Lipinski definition) is 4. The van der Waals surface area contributed by atoms with Gasteiger partial charge in [0, 0.05) is 83.5 Å². The third kappa shape index (κ3) is 10.8. The zero-order valence-electron chi connectivity index (χ0n) is 45.0. The molecular formula is C62H53F2N9O8. The van der Waals surface area contributed by atoms with E-state index in [0.29, 0.717) is 68.2 Å². The Bertz CT molecular complexity index is 3970. The smallest absolute Gasteiger partial charge is 0.330 e. The van der Waals surface area contributed by atoms with E-state index in [4.69, 9.17) is 13.6 Å². The Morgan fingerprint density at radius 3 is 1.67 bits per heavy atom. The number of fused-ring (bicyclic) bond motifs is 2. The molecule has 8 aromatic rings. The summed E-state index contributed by atoms with van der Waals surface area (Å²) in [6.45, 7) is 4.85. The lowest BCUT2D eigenvalue weighted by atomic mass is 9.78. The summed E-state index contributed by atoms with van der Waals surface area (Å²) in [6.07, 6.45) is 6.35. The Morgan fingerprint density at radius 2 is 1.19 bits per heavy atom. The summed E-state index contributed by atoms with van der Waals surface area (Å²) < 4.78 is 46.2. The first-order valence-corrected chi connectivity index (χ1v) is 25.8. The van der Waals surface area contributed by atoms with Crippen LogP contribution in [-0.2, 0) is 16.0 Å². The minimum absolute atomic E-state index is 0.0535. The standard InChI is InChI=1S/C62H53F2N9O8/c1-7-72(33-66)48-30-50-47(53(59(77)69-5)55(80-50)37-14-18-43(64)19-15-37)29-45(48)40-24-35(25-41(27-40)57(75)70-61(2,3)60(78)79-6)20-23-73(34-67)49-31-51-46(52(58(76)68-4)54(81-51)36-12-16-42(63)17-13-36)28-44(49)38-10-8-11-39(26-38)56(74)71-62(32-65)21-9-22-62/h8,10-19,24-31H,7,9,20-23H2,1-6H3,(H,68,76)(H,69,77)(H,70,75)(H,71,74). The maximum absolute atomic E-state index is 14.4. The highest BCUT2D eigenvalue weighted by atomic mass is 19.1. The minimum atomic E-state index is -1.50. The van der Waals surface area contributed by atoms with Crippen LogP contribution in [0.5, 0.6) is 0 Å². The number of amides is 4. The van der Waals surface area contributed by atoms with Crippen molar-refractivity contribution in [3.05, 3.63) is 155 Å². The van der Waals surface area contributed by atoms with Crippen LogP contribution < -0.4 is 31.1 Å². The summed E-state index contributed by atoms with van der Waals surface area (Å²) in [4.78, 5) is 71.5. The van der Waals surface area contributed by atoms with Crippen LogP contribution >= 0.6 is 0 Å². The van der Waals surface area contributed by atoms with Crippen LogP contribution in [0.1, 0.15) is 87.0 Å². The van der Waals surface area contributed by atoms with Gasteiger partial charge in [-0.15, -0.1) is 0 Å². The number of esters is 1. The molecule has 9 rings (SSSR count). The number of halogens is 2. The van der Waals surface area contributed by atoms with Crippen molar-refractivity contribution in [2.24, 2.45) is 0 Å². The molecule has 0 atom stereocenters. The average Bonchev–Trinajstić information content (AvgIpc) is 4.28. The summed E-state index contributed by atoms with van der Waals surface area (Å²) in [5.74, 6) is -3.65. The van der Waals surface area contributed by atoms with Crippen LogP contribution in [0.4, 0.5) is 20.2 Å². The Balaban J connectivity index is 1.21. The normalized spacial score (nSPS) is 12.5. The van der Waals surface area contributed by atoms with Crippen molar-refractivity contribution in [2.45, 2.75) is 57.5 Å². The van der Waals surface area contributed by atoms with Crippen molar-refractivity contribution in [3.8, 4) is 63.4 Å². The molecule has 0 radical (unpaired) electrons. The number of carbonyl (C=O) groups excluding carboxylic acids is 5. The quantitative estimate of drug-likeness (QED) is 0.0377. The van der Waals surface area contributed by atoms with Gasteiger partial charge in [0.2, 0.25) is 0 Å². The van der Waals surface area contributed by atoms with Gasteiger partial charge in [-0.05, 0) is 148 Å². The number of methoxy groups -OCH3 is 1. The van der Waals surface area contributed by atoms with Crippen molar-refractivity contribution in [1.82, 2.24) is 21.3 Å². The van der Waals surface area contributed by atoms with Gasteiger partial charge in [-0.3, -0.25) is 29.0 Å². The fourth-order valence-corrected chi connectivity index (χ4v) is 9.94. The predicted molar refractivity (Wildman–Crippen MR) is 299 cm³/mol. The van der Waals surface area contributed by atoms with Gasteiger partial charge in [0.25, 0.3) is 23.6 Å². The molecule has 2 aromatic heterocycles. The van der Waals surface area contributed by atoms with Crippen LogP contribution in [-0.4, -0.2) is 75.0 Å². The minimum Gasteiger partial charge on any atom is -0.467 e. The molecule has 4 N–H and O–H groups in total. The van der Waals surface area contributed by atoms with Crippen molar-refractivity contribution in [1.29, 1.82) is 15.8 Å². The summed E-state index contributed by atoms with van der Waals surface area (Å²) >= 11 is 0. The summed E-state index contributed by atoms with van der Waals surface area (Å²) in [7, 11) is 4.11. The second-order valence-electron chi connectivity index (χ2n) is 19.9. The van der Waals surface area contributed by atoms with Crippen LogP contribution in [0.25, 0.3) is 66.8 Å². The van der Waals surface area contributed by atoms with E-state index in [1.54, 1.807) is 73.7 Å². The fraction of sp³-hybridized carbons (Fsp3) is 0.226. The Labute approximate surface area is 464 Å². The van der Waals surface area contributed by atoms with Crippen LogP contribution in [0.15, 0.2) is 124 Å². The number of hydrogen-bond acceptors (Lipinski definition) is 13. The SMILES string of the molecule is CCN(C#N)c1cc2oc(-c3ccc(F)cc3)c(C(=O)NC)c2cc1-c1cc(CCN(C#N)c2cc3oc(-c4ccc(F)cc4)c(C(=O)NC)c3cc2-c2cccc(C(=O)NC3(C#N)CCC3)c2)cc(C(=O)NC(C)(C)C(=O)OC)c1. The van der Waals surface area contributed by atoms with Crippen molar-refractivity contribution < 1.29 is 46.3 Å². The van der Waals surface area contributed by atoms with E-state index in [-0.39, 0.29) is 70.1 Å². The number of anilines is 2. The largest absolute Gasteiger partial charge is 0.467 e. The highest BCUT2D eigenvalue weighted by Gasteiger charge is 2.39. The van der Waals surface area contributed by atoms with E-state index in [9.17, 15) is 48.5 Å². The zero-order chi connectivity index (χ0) is 57.9. The van der Waals surface area contributed by atoms with Gasteiger partial charge in [-0.2, -0.15) is 15.8 Å². The summed E-state index contributed by atoms with van der Waals surface area (Å²) in [5.41, 5.74) is 2.02. The van der Waals surface area contributed by atoms with Gasteiger partial charge in [0.05, 0.1) is 35.7 Å². The third-order valence-electron chi connectivity index (χ3n) is 14.4. The predicted octanol–water partition coefficient (Wildman–Crippen LogP) is 10.5. The van der Waals surface area contributed by atoms with E-state index in [0.717, 1.165) is 6.42 Å². The van der Waals surface area contributed by atoms with Crippen LogP contribution in [0.3, 0.4) is 0 Å². The second kappa shape index (κ2) is 22.6. The molecule has 4 amide bonds. The molecule has 408 valence electrons. The van der Waals surface area contributed by atoms with Crippen molar-refractivity contribution >= 4 is 62.9 Å². The van der Waals surface area contributed by atoms with Gasteiger partial charge < -0.3 is 34.8 Å². The van der Waals surface area contributed by atoms with E-state index in [1.165, 1.54) is 93.4 Å². The summed E-state index contributed by atoms with van der Waals surface area (Å²) in [6, 6.07) is 31.2. The molecule has 6 aromatic carbocycles. The molecule has 17 nitrogen and oxygen atoms in total. The highest BCUT2D eigenvalue weighted by molar-refractivity contribution is 6.14. The maximum Gasteiger partial charge on any atom is 0.330 e. The number of rotatable bonds is 17. The zero-order valence-corrected chi connectivity index (χ0v) is 45.0. The molecule has 19 heteroatoms. The highest BCUT2D eigenvalue weighted by Crippen LogP contribution is 2.44. The molecule has 81 heavy (non-hydrogen) atoms. The van der Waals surface area contributed by atoms with E-state index in [1.807, 2.05) is 0 Å². The summed E-state index contributed by atoms with van der Waals surface area (Å²) in [5, 5.41) is 43.3. The topological polar surface area (TPSA) is 247 Å². The molecule has 1 aliphatic rings. The van der Waals surface area contributed by atoms with E-state index in [2.05, 4.69) is 39.7 Å². The number of benzene rings is 6. The van der Waals surface area contributed by atoms with E-state index < -0.39 is 52.3 Å². The van der Waals surface area contributed by atoms with E-state index >= 15 is 0 Å². The molecule has 0 bridgehead atoms. The lowest BCUT2D eigenvalue weighted by Gasteiger charge is -2.35. The Morgan fingerprint density at radius 1 is 0.654 bits per heavy atom. The maximum atomic E-state index is 14.4. The first kappa shape index (κ1) is 55.4. The number of carbonyl (C=O) groups is 5. The average molecular weight is 1090 g/mol. The first-order valence-electron chi connectivity index (χ1n) is 25.8. The molecule has 0 aliphatic heterocycles. The number of nitrogens with one attached hydrogen (secondary N) is 4. The first-order chi connectivity index (χ1) is 38.9. The lowest BCUT2D eigenvalue weighted by molar-refractivity contribution is -0.146. The number of ether oxygens (including phenoxy) is 1. The second-order valence-corrected chi connectivity index (χ2v) is 19.9. The Hall–Kier alpha value is -10.3. The molecule has 0 saturated heterocycles. The monoisotopic (exact) mass is 1090 g/mol. The van der Waals surface area contributed by atoms with Gasteiger partial charge in [-0.25, -0.2) is 13.6 Å². The molecular weight excluding hydrogens is 1040 g/mol. The van der Waals surface area contributed by atoms with Gasteiger partial charge in [0.15, 0.2) is 12.4 Å². The number of nitriles is 3. The lowest BCUT2D eigenvalue weighted by Crippen LogP contribution is -2.52. The van der Waals surface area contributed by atoms with Crippen molar-refractivity contribution in [2.75, 3.05) is 44.1 Å².